The maximum absolute atomic E-state index is 14.7. The molecule has 1 aliphatic carbocycles. The molecule has 8 heteroatoms. The Bertz CT molecular complexity index is 943. The Labute approximate surface area is 160 Å². The Balaban J connectivity index is 2.06. The minimum Gasteiger partial charge on any atom is -0.447 e. The fourth-order valence-corrected chi connectivity index (χ4v) is 5.14. The number of halogens is 2. The first-order valence-electron chi connectivity index (χ1n) is 8.56. The summed E-state index contributed by atoms with van der Waals surface area (Å²) in [6, 6.07) is 9.82. The molecule has 1 aromatic carbocycles. The number of nitrogens with zero attached hydrogens (tertiary/aromatic N) is 3. The number of ether oxygens (including phenoxy) is 2. The minimum atomic E-state index is -2.17. The van der Waals surface area contributed by atoms with E-state index in [1.165, 1.54) is 12.1 Å². The maximum Gasteiger partial charge on any atom is 0.217 e. The van der Waals surface area contributed by atoms with E-state index in [2.05, 4.69) is 0 Å². The molecule has 1 saturated carbocycles. The summed E-state index contributed by atoms with van der Waals surface area (Å²) < 4.78 is 26.6. The number of hydrogen-bond acceptors (Lipinski definition) is 6. The predicted octanol–water partition coefficient (Wildman–Crippen LogP) is 3.99. The molecule has 2 heterocycles. The normalized spacial score (nSPS) is 35.9. The zero-order valence-electron chi connectivity index (χ0n) is 14.1. The van der Waals surface area contributed by atoms with Crippen LogP contribution in [-0.4, -0.2) is 11.7 Å². The van der Waals surface area contributed by atoms with E-state index in [1.807, 2.05) is 18.2 Å². The molecular formula is C19H14ClFN4O2. The molecule has 0 spiro atoms. The first kappa shape index (κ1) is 17.7. The van der Waals surface area contributed by atoms with Crippen molar-refractivity contribution in [1.82, 2.24) is 0 Å². The van der Waals surface area contributed by atoms with Gasteiger partial charge in [0.05, 0.1) is 24.1 Å². The molecule has 2 saturated heterocycles. The van der Waals surface area contributed by atoms with Crippen LogP contribution in [0.15, 0.2) is 18.2 Å². The van der Waals surface area contributed by atoms with Gasteiger partial charge < -0.3 is 9.47 Å². The van der Waals surface area contributed by atoms with Gasteiger partial charge in [0.1, 0.15) is 11.9 Å². The molecule has 4 rings (SSSR count). The van der Waals surface area contributed by atoms with Crippen LogP contribution >= 0.6 is 11.6 Å². The van der Waals surface area contributed by atoms with Gasteiger partial charge in [0.2, 0.25) is 17.1 Å². The zero-order chi connectivity index (χ0) is 19.4. The van der Waals surface area contributed by atoms with E-state index in [1.54, 1.807) is 0 Å². The molecule has 6 nitrogen and oxygen atoms in total. The van der Waals surface area contributed by atoms with Crippen molar-refractivity contribution < 1.29 is 13.9 Å². The highest BCUT2D eigenvalue weighted by molar-refractivity contribution is 6.31. The molecule has 4 atom stereocenters. The van der Waals surface area contributed by atoms with E-state index >= 15 is 0 Å². The van der Waals surface area contributed by atoms with Gasteiger partial charge in [0, 0.05) is 17.0 Å². The second kappa shape index (κ2) is 5.67. The fraction of sp³-hybridized carbons (Fsp3) is 0.474. The van der Waals surface area contributed by atoms with E-state index in [4.69, 9.17) is 26.5 Å². The summed E-state index contributed by atoms with van der Waals surface area (Å²) in [6.07, 6.45) is 0.888. The minimum absolute atomic E-state index is 0.0143. The molecule has 2 aliphatic heterocycles. The summed E-state index contributed by atoms with van der Waals surface area (Å²) in [4.78, 5) is 0. The van der Waals surface area contributed by atoms with Crippen LogP contribution in [0.1, 0.15) is 37.4 Å². The molecular weight excluding hydrogens is 371 g/mol. The van der Waals surface area contributed by atoms with Crippen molar-refractivity contribution in [3.05, 3.63) is 34.6 Å². The Morgan fingerprint density at radius 2 is 1.93 bits per heavy atom. The van der Waals surface area contributed by atoms with Gasteiger partial charge >= 0.3 is 0 Å². The van der Waals surface area contributed by atoms with E-state index in [-0.39, 0.29) is 10.6 Å². The zero-order valence-corrected chi connectivity index (χ0v) is 14.9. The van der Waals surface area contributed by atoms with Crippen LogP contribution in [0.2, 0.25) is 5.02 Å². The summed E-state index contributed by atoms with van der Waals surface area (Å²) in [6.45, 7) is 0. The van der Waals surface area contributed by atoms with Gasteiger partial charge in [0.25, 0.3) is 0 Å². The number of nitrogens with one attached hydrogen (secondary N) is 1. The van der Waals surface area contributed by atoms with Gasteiger partial charge in [-0.3, -0.25) is 5.41 Å². The van der Waals surface area contributed by atoms with Gasteiger partial charge in [0.15, 0.2) is 5.41 Å². The summed E-state index contributed by atoms with van der Waals surface area (Å²) in [5, 5.41) is 38.6. The summed E-state index contributed by atoms with van der Waals surface area (Å²) in [5.74, 6) is -3.20. The van der Waals surface area contributed by atoms with Gasteiger partial charge in [-0.2, -0.15) is 15.8 Å². The standard InChI is InChI=1S/C19H14ClFN4O2/c20-11-4-3-5-12(21)14(11)15-17(8-22,9-23)18(10-24)13-6-1-2-7-19(13,26-15)27-16(18)25/h3-5,13,15,25H,1-2,6-7H2. The van der Waals surface area contributed by atoms with E-state index in [9.17, 15) is 20.2 Å². The third-order valence-electron chi connectivity index (χ3n) is 6.08. The average molecular weight is 385 g/mol. The number of benzene rings is 1. The monoisotopic (exact) mass is 384 g/mol. The average Bonchev–Trinajstić information content (AvgIpc) is 2.87. The molecule has 0 radical (unpaired) electrons. The quantitative estimate of drug-likeness (QED) is 0.786. The maximum atomic E-state index is 14.7. The second-order valence-corrected chi connectivity index (χ2v) is 7.53. The van der Waals surface area contributed by atoms with Crippen molar-refractivity contribution in [2.45, 2.75) is 37.6 Å². The Hall–Kier alpha value is -2.66. The first-order valence-corrected chi connectivity index (χ1v) is 8.94. The number of hydrogen-bond donors (Lipinski definition) is 1. The van der Waals surface area contributed by atoms with Crippen LogP contribution in [0.5, 0.6) is 0 Å². The molecule has 2 bridgehead atoms. The number of nitriles is 3. The lowest BCUT2D eigenvalue weighted by molar-refractivity contribution is -0.295. The van der Waals surface area contributed by atoms with Gasteiger partial charge in [-0.15, -0.1) is 0 Å². The Kier molecular flexibility index (Phi) is 3.72. The lowest BCUT2D eigenvalue weighted by atomic mass is 9.51. The van der Waals surface area contributed by atoms with Gasteiger partial charge in [-0.05, 0) is 25.0 Å². The van der Waals surface area contributed by atoms with Crippen molar-refractivity contribution >= 4 is 17.5 Å². The molecule has 1 aromatic rings. The molecule has 136 valence electrons. The molecule has 3 fully saturated rings. The van der Waals surface area contributed by atoms with Crippen LogP contribution in [0.3, 0.4) is 0 Å². The highest BCUT2D eigenvalue weighted by Gasteiger charge is 2.80. The highest BCUT2D eigenvalue weighted by atomic mass is 35.5. The predicted molar refractivity (Wildman–Crippen MR) is 90.4 cm³/mol. The van der Waals surface area contributed by atoms with Crippen molar-refractivity contribution in [2.75, 3.05) is 0 Å². The largest absolute Gasteiger partial charge is 0.447 e. The lowest BCUT2D eigenvalue weighted by Gasteiger charge is -2.51. The second-order valence-electron chi connectivity index (χ2n) is 7.13. The fourth-order valence-electron chi connectivity index (χ4n) is 4.88. The Morgan fingerprint density at radius 1 is 1.19 bits per heavy atom. The smallest absolute Gasteiger partial charge is 0.217 e. The SMILES string of the molecule is N#CC1(C#N)C(c2c(F)cccc2Cl)OC23CCCCC2C1(C#N)C(=N)O3. The van der Waals surface area contributed by atoms with Crippen molar-refractivity contribution in [3.63, 3.8) is 0 Å². The van der Waals surface area contributed by atoms with Crippen molar-refractivity contribution in [2.24, 2.45) is 16.7 Å². The summed E-state index contributed by atoms with van der Waals surface area (Å²) >= 11 is 6.20. The van der Waals surface area contributed by atoms with E-state index in [0.717, 1.165) is 18.9 Å². The number of rotatable bonds is 1. The molecule has 0 amide bonds. The van der Waals surface area contributed by atoms with E-state index < -0.39 is 40.4 Å². The van der Waals surface area contributed by atoms with Crippen LogP contribution in [-0.2, 0) is 9.47 Å². The van der Waals surface area contributed by atoms with Gasteiger partial charge in [-0.25, -0.2) is 4.39 Å². The van der Waals surface area contributed by atoms with Crippen LogP contribution in [0.25, 0.3) is 0 Å². The molecule has 3 aliphatic rings. The first-order chi connectivity index (χ1) is 12.9. The third-order valence-corrected chi connectivity index (χ3v) is 6.41. The van der Waals surface area contributed by atoms with Crippen LogP contribution in [0, 0.1) is 62.0 Å². The molecule has 4 unspecified atom stereocenters. The Morgan fingerprint density at radius 3 is 2.56 bits per heavy atom. The van der Waals surface area contributed by atoms with Gasteiger partial charge in [-0.1, -0.05) is 24.1 Å². The van der Waals surface area contributed by atoms with Crippen LogP contribution < -0.4 is 0 Å². The topological polar surface area (TPSA) is 114 Å². The molecule has 0 aromatic heterocycles. The van der Waals surface area contributed by atoms with Crippen molar-refractivity contribution in [1.29, 1.82) is 21.2 Å². The lowest BCUT2D eigenvalue weighted by Crippen LogP contribution is -2.60. The summed E-state index contributed by atoms with van der Waals surface area (Å²) in [7, 11) is 0. The van der Waals surface area contributed by atoms with E-state index in [0.29, 0.717) is 12.8 Å². The highest BCUT2D eigenvalue weighted by Crippen LogP contribution is 2.69. The third kappa shape index (κ3) is 1.87. The molecule has 27 heavy (non-hydrogen) atoms. The molecule has 1 N–H and O–H groups in total. The van der Waals surface area contributed by atoms with Crippen molar-refractivity contribution in [3.8, 4) is 18.2 Å². The van der Waals surface area contributed by atoms with Crippen LogP contribution in [0.4, 0.5) is 4.39 Å². The summed E-state index contributed by atoms with van der Waals surface area (Å²) in [5.41, 5.74) is -4.19.